The van der Waals surface area contributed by atoms with Gasteiger partial charge in [-0.25, -0.2) is 4.39 Å². The van der Waals surface area contributed by atoms with Crippen LogP contribution < -0.4 is 10.2 Å². The normalized spacial score (nSPS) is 12.1. The van der Waals surface area contributed by atoms with Crippen LogP contribution in [-0.2, 0) is 4.79 Å². The fourth-order valence-electron chi connectivity index (χ4n) is 1.92. The van der Waals surface area contributed by atoms with E-state index in [4.69, 9.17) is 16.4 Å². The zero-order valence-electron chi connectivity index (χ0n) is 12.0. The van der Waals surface area contributed by atoms with Crippen LogP contribution in [0, 0.1) is 5.82 Å². The molecule has 23 heavy (non-hydrogen) atoms. The molecule has 2 aromatic carbocycles. The van der Waals surface area contributed by atoms with E-state index in [1.807, 2.05) is 0 Å². The summed E-state index contributed by atoms with van der Waals surface area (Å²) in [6, 6.07) is 10.5. The van der Waals surface area contributed by atoms with Crippen molar-refractivity contribution in [2.45, 2.75) is 13.0 Å². The summed E-state index contributed by atoms with van der Waals surface area (Å²) in [4.78, 5) is 18.7. The number of nitrogens with zero attached hydrogens (tertiary/aromatic N) is 3. The molecule has 1 aromatic heterocycles. The summed E-state index contributed by atoms with van der Waals surface area (Å²) >= 11 is 5.93. The highest BCUT2D eigenvalue weighted by molar-refractivity contribution is 6.31. The second-order valence-electron chi connectivity index (χ2n) is 4.84. The zero-order chi connectivity index (χ0) is 16.4. The third-order valence-corrected chi connectivity index (χ3v) is 3.35. The molecular formula is C15H12ClFN4O2. The van der Waals surface area contributed by atoms with Crippen LogP contribution >= 0.6 is 11.6 Å². The van der Waals surface area contributed by atoms with Gasteiger partial charge in [0.05, 0.1) is 0 Å². The lowest BCUT2D eigenvalue weighted by Crippen LogP contribution is -2.35. The number of hydrogen-bond acceptors (Lipinski definition) is 4. The Bertz CT molecular complexity index is 850. The van der Waals surface area contributed by atoms with Crippen molar-refractivity contribution in [3.8, 4) is 0 Å². The molecule has 8 heteroatoms. The van der Waals surface area contributed by atoms with Crippen molar-refractivity contribution in [3.05, 3.63) is 53.3 Å². The summed E-state index contributed by atoms with van der Waals surface area (Å²) < 4.78 is 12.8. The lowest BCUT2D eigenvalue weighted by atomic mass is 10.3. The molecule has 1 N–H and O–H groups in total. The van der Waals surface area contributed by atoms with Crippen LogP contribution in [0.25, 0.3) is 11.0 Å². The Morgan fingerprint density at radius 3 is 2.78 bits per heavy atom. The minimum atomic E-state index is -0.844. The van der Waals surface area contributed by atoms with Gasteiger partial charge in [0.15, 0.2) is 0 Å². The number of rotatable bonds is 4. The molecule has 118 valence electrons. The molecule has 3 aromatic rings. The highest BCUT2D eigenvalue weighted by Gasteiger charge is 2.17. The summed E-state index contributed by atoms with van der Waals surface area (Å²) in [6.07, 6.45) is -0.844. The Hall–Kier alpha value is -2.67. The van der Waals surface area contributed by atoms with Gasteiger partial charge in [0.2, 0.25) is 6.10 Å². The third kappa shape index (κ3) is 3.40. The van der Waals surface area contributed by atoms with Gasteiger partial charge < -0.3 is 10.2 Å². The summed E-state index contributed by atoms with van der Waals surface area (Å²) in [6.45, 7) is 1.57. The Morgan fingerprint density at radius 2 is 2.04 bits per heavy atom. The largest absolute Gasteiger partial charge is 0.382 e. The van der Waals surface area contributed by atoms with Gasteiger partial charge in [0, 0.05) is 10.7 Å². The molecule has 1 heterocycles. The topological polar surface area (TPSA) is 69.0 Å². The highest BCUT2D eigenvalue weighted by atomic mass is 35.5. The maximum atomic E-state index is 12.8. The molecule has 0 aliphatic heterocycles. The Balaban J connectivity index is 1.72. The van der Waals surface area contributed by atoms with Crippen LogP contribution in [0.3, 0.4) is 0 Å². The predicted molar refractivity (Wildman–Crippen MR) is 83.6 cm³/mol. The van der Waals surface area contributed by atoms with Gasteiger partial charge in [-0.15, -0.1) is 5.10 Å². The summed E-state index contributed by atoms with van der Waals surface area (Å²) in [5, 5.41) is 10.9. The molecule has 1 amide bonds. The number of carbonyl (C=O) groups is 1. The molecule has 6 nitrogen and oxygen atoms in total. The molecule has 0 bridgehead atoms. The number of aromatic nitrogens is 3. The molecule has 0 aliphatic rings. The lowest BCUT2D eigenvalue weighted by Gasteiger charge is -2.13. The molecule has 3 rings (SSSR count). The smallest absolute Gasteiger partial charge is 0.267 e. The van der Waals surface area contributed by atoms with Crippen LogP contribution in [0.15, 0.2) is 42.5 Å². The van der Waals surface area contributed by atoms with Crippen LogP contribution in [-0.4, -0.2) is 27.2 Å². The van der Waals surface area contributed by atoms with E-state index >= 15 is 0 Å². The molecule has 0 spiro atoms. The van der Waals surface area contributed by atoms with Crippen LogP contribution in [0.5, 0.6) is 0 Å². The number of nitrogens with one attached hydrogen (secondary N) is 1. The van der Waals surface area contributed by atoms with Crippen molar-refractivity contribution in [1.82, 2.24) is 15.2 Å². The number of benzene rings is 2. The van der Waals surface area contributed by atoms with Gasteiger partial charge in [-0.3, -0.25) is 4.79 Å². The fourth-order valence-corrected chi connectivity index (χ4v) is 2.09. The van der Waals surface area contributed by atoms with E-state index in [-0.39, 0.29) is 5.82 Å². The van der Waals surface area contributed by atoms with Crippen LogP contribution in [0.2, 0.25) is 5.02 Å². The quantitative estimate of drug-likeness (QED) is 0.796. The number of anilines is 1. The number of halogens is 2. The van der Waals surface area contributed by atoms with Crippen LogP contribution in [0.1, 0.15) is 6.92 Å². The van der Waals surface area contributed by atoms with Crippen molar-refractivity contribution < 1.29 is 14.0 Å². The van der Waals surface area contributed by atoms with E-state index in [0.717, 1.165) is 4.85 Å². The predicted octanol–water partition coefficient (Wildman–Crippen LogP) is 2.68. The Morgan fingerprint density at radius 1 is 1.30 bits per heavy atom. The highest BCUT2D eigenvalue weighted by Crippen LogP contribution is 2.16. The molecule has 0 radical (unpaired) electrons. The molecule has 0 unspecified atom stereocenters. The van der Waals surface area contributed by atoms with Crippen molar-refractivity contribution in [1.29, 1.82) is 0 Å². The van der Waals surface area contributed by atoms with Crippen LogP contribution in [0.4, 0.5) is 10.1 Å². The standard InChI is InChI=1S/C15H12ClFN4O2/c1-9(15(22)18-12-5-3-11(17)4-6-12)23-21-14-8-10(16)2-7-13(14)19-20-21/h2-9H,1H3,(H,18,22)/t9-/m0/s1. The average molecular weight is 335 g/mol. The van der Waals surface area contributed by atoms with Crippen molar-refractivity contribution in [3.63, 3.8) is 0 Å². The van der Waals surface area contributed by atoms with E-state index in [1.54, 1.807) is 25.1 Å². The van der Waals surface area contributed by atoms with Gasteiger partial charge in [0.1, 0.15) is 16.9 Å². The first-order chi connectivity index (χ1) is 11.0. The maximum Gasteiger partial charge on any atom is 0.267 e. The first-order valence-electron chi connectivity index (χ1n) is 6.77. The second-order valence-corrected chi connectivity index (χ2v) is 5.28. The van der Waals surface area contributed by atoms with E-state index in [1.165, 1.54) is 24.3 Å². The SMILES string of the molecule is C[C@H](On1nnc2ccc(Cl)cc21)C(=O)Nc1ccc(F)cc1. The van der Waals surface area contributed by atoms with Crippen molar-refractivity contribution in [2.24, 2.45) is 0 Å². The van der Waals surface area contributed by atoms with Crippen molar-refractivity contribution in [2.75, 3.05) is 5.32 Å². The van der Waals surface area contributed by atoms with Gasteiger partial charge in [-0.2, -0.15) is 0 Å². The summed E-state index contributed by atoms with van der Waals surface area (Å²) in [7, 11) is 0. The average Bonchev–Trinajstić information content (AvgIpc) is 2.91. The lowest BCUT2D eigenvalue weighted by molar-refractivity contribution is -0.127. The molecular weight excluding hydrogens is 323 g/mol. The van der Waals surface area contributed by atoms with E-state index in [2.05, 4.69) is 15.6 Å². The second kappa shape index (κ2) is 6.21. The number of carbonyl (C=O) groups excluding carboxylic acids is 1. The van der Waals surface area contributed by atoms with Gasteiger partial charge in [-0.05, 0) is 54.6 Å². The molecule has 0 aliphatic carbocycles. The minimum Gasteiger partial charge on any atom is -0.382 e. The van der Waals surface area contributed by atoms with E-state index < -0.39 is 12.0 Å². The van der Waals surface area contributed by atoms with Crippen molar-refractivity contribution >= 4 is 34.2 Å². The molecule has 0 saturated carbocycles. The van der Waals surface area contributed by atoms with E-state index in [0.29, 0.717) is 21.7 Å². The maximum absolute atomic E-state index is 12.8. The Labute approximate surface area is 135 Å². The van der Waals surface area contributed by atoms with Gasteiger partial charge in [-0.1, -0.05) is 16.4 Å². The third-order valence-electron chi connectivity index (χ3n) is 3.12. The monoisotopic (exact) mass is 334 g/mol. The number of hydrogen-bond donors (Lipinski definition) is 1. The van der Waals surface area contributed by atoms with Gasteiger partial charge in [0.25, 0.3) is 5.91 Å². The molecule has 0 saturated heterocycles. The molecule has 1 atom stereocenters. The number of amides is 1. The first kappa shape index (κ1) is 15.2. The zero-order valence-corrected chi connectivity index (χ0v) is 12.8. The summed E-state index contributed by atoms with van der Waals surface area (Å²) in [5.74, 6) is -0.777. The number of fused-ring (bicyclic) bond motifs is 1. The van der Waals surface area contributed by atoms with Gasteiger partial charge >= 0.3 is 0 Å². The van der Waals surface area contributed by atoms with E-state index in [9.17, 15) is 9.18 Å². The minimum absolute atomic E-state index is 0.377. The Kier molecular flexibility index (Phi) is 4.12. The summed E-state index contributed by atoms with van der Waals surface area (Å²) in [5.41, 5.74) is 1.62. The molecule has 0 fully saturated rings. The first-order valence-corrected chi connectivity index (χ1v) is 7.15. The fraction of sp³-hybridized carbons (Fsp3) is 0.133.